The molecule has 30 heavy (non-hydrogen) atoms. The van der Waals surface area contributed by atoms with Gasteiger partial charge in [0.2, 0.25) is 15.9 Å². The lowest BCUT2D eigenvalue weighted by atomic mass is 10.2. The van der Waals surface area contributed by atoms with Crippen LogP contribution in [0, 0.1) is 5.82 Å². The predicted molar refractivity (Wildman–Crippen MR) is 113 cm³/mol. The molecule has 2 aromatic rings. The van der Waals surface area contributed by atoms with Crippen LogP contribution in [0.1, 0.15) is 13.8 Å². The van der Waals surface area contributed by atoms with E-state index in [1.807, 2.05) is 31.2 Å². The van der Waals surface area contributed by atoms with Gasteiger partial charge >= 0.3 is 0 Å². The molecule has 0 spiro atoms. The Bertz CT molecular complexity index is 974. The highest BCUT2D eigenvalue weighted by Gasteiger charge is 2.29. The summed E-state index contributed by atoms with van der Waals surface area (Å²) in [6.07, 6.45) is 0. The van der Waals surface area contributed by atoms with Gasteiger partial charge in [-0.25, -0.2) is 12.8 Å². The van der Waals surface area contributed by atoms with Crippen LogP contribution in [0.2, 0.25) is 0 Å². The summed E-state index contributed by atoms with van der Waals surface area (Å²) in [4.78, 5) is 16.5. The van der Waals surface area contributed by atoms with Gasteiger partial charge in [-0.2, -0.15) is 4.72 Å². The van der Waals surface area contributed by atoms with E-state index in [1.165, 1.54) is 19.1 Å². The monoisotopic (exact) mass is 435 g/mol. The minimum absolute atomic E-state index is 0.0825. The highest BCUT2D eigenvalue weighted by Crippen LogP contribution is 2.28. The molecule has 1 amide bonds. The zero-order valence-electron chi connectivity index (χ0n) is 17.0. The molecule has 2 aromatic carbocycles. The standard InChI is InChI=1S/C21H26FN3O4S/c1-3-29-20-7-5-4-6-19(20)24-12-14-25(15-13-24)21(26)16(2)23-30(27,28)18-10-8-17(22)9-11-18/h4-11,16,23H,3,12-15H2,1-2H3. The van der Waals surface area contributed by atoms with Crippen molar-refractivity contribution in [2.75, 3.05) is 37.7 Å². The summed E-state index contributed by atoms with van der Waals surface area (Å²) in [5.41, 5.74) is 0.983. The third-order valence-electron chi connectivity index (χ3n) is 4.92. The molecular weight excluding hydrogens is 409 g/mol. The number of sulfonamides is 1. The van der Waals surface area contributed by atoms with E-state index in [4.69, 9.17) is 4.74 Å². The molecule has 1 heterocycles. The highest BCUT2D eigenvalue weighted by molar-refractivity contribution is 7.89. The van der Waals surface area contributed by atoms with Gasteiger partial charge in [-0.3, -0.25) is 4.79 Å². The maximum absolute atomic E-state index is 13.0. The molecule has 1 saturated heterocycles. The molecule has 9 heteroatoms. The van der Waals surface area contributed by atoms with Gasteiger partial charge in [0.25, 0.3) is 0 Å². The third-order valence-corrected chi connectivity index (χ3v) is 6.48. The van der Waals surface area contributed by atoms with Crippen molar-refractivity contribution in [3.63, 3.8) is 0 Å². The van der Waals surface area contributed by atoms with Gasteiger partial charge in [-0.15, -0.1) is 0 Å². The minimum atomic E-state index is -3.92. The molecule has 0 radical (unpaired) electrons. The number of carbonyl (C=O) groups excluding carboxylic acids is 1. The van der Waals surface area contributed by atoms with Gasteiger partial charge in [-0.1, -0.05) is 12.1 Å². The predicted octanol–water partition coefficient (Wildman–Crippen LogP) is 2.24. The van der Waals surface area contributed by atoms with Crippen LogP contribution in [0.3, 0.4) is 0 Å². The maximum atomic E-state index is 13.0. The fourth-order valence-electron chi connectivity index (χ4n) is 3.40. The van der Waals surface area contributed by atoms with Crippen molar-refractivity contribution in [3.05, 3.63) is 54.3 Å². The second-order valence-corrected chi connectivity index (χ2v) is 8.72. The van der Waals surface area contributed by atoms with Crippen LogP contribution < -0.4 is 14.4 Å². The number of benzene rings is 2. The van der Waals surface area contributed by atoms with Gasteiger partial charge in [0.1, 0.15) is 11.6 Å². The van der Waals surface area contributed by atoms with E-state index in [0.29, 0.717) is 32.8 Å². The fraction of sp³-hybridized carbons (Fsp3) is 0.381. The van der Waals surface area contributed by atoms with Crippen molar-refractivity contribution in [1.82, 2.24) is 9.62 Å². The normalized spacial score (nSPS) is 15.7. The van der Waals surface area contributed by atoms with E-state index in [0.717, 1.165) is 23.6 Å². The molecule has 1 aliphatic heterocycles. The molecule has 1 aliphatic rings. The van der Waals surface area contributed by atoms with Crippen molar-refractivity contribution in [2.24, 2.45) is 0 Å². The highest BCUT2D eigenvalue weighted by atomic mass is 32.2. The number of carbonyl (C=O) groups is 1. The van der Waals surface area contributed by atoms with E-state index in [2.05, 4.69) is 9.62 Å². The molecule has 1 N–H and O–H groups in total. The van der Waals surface area contributed by atoms with Crippen LogP contribution in [-0.2, 0) is 14.8 Å². The number of nitrogens with zero attached hydrogens (tertiary/aromatic N) is 2. The fourth-order valence-corrected chi connectivity index (χ4v) is 4.60. The zero-order valence-corrected chi connectivity index (χ0v) is 17.9. The lowest BCUT2D eigenvalue weighted by Gasteiger charge is -2.37. The molecule has 1 unspecified atom stereocenters. The molecule has 7 nitrogen and oxygen atoms in total. The Morgan fingerprint density at radius 3 is 2.37 bits per heavy atom. The molecule has 1 fully saturated rings. The van der Waals surface area contributed by atoms with Crippen LogP contribution in [-0.4, -0.2) is 58.1 Å². The molecule has 0 aromatic heterocycles. The Morgan fingerprint density at radius 2 is 1.73 bits per heavy atom. The van der Waals surface area contributed by atoms with Gasteiger partial charge < -0.3 is 14.5 Å². The van der Waals surface area contributed by atoms with Gasteiger partial charge in [0.05, 0.1) is 23.2 Å². The first-order chi connectivity index (χ1) is 14.3. The summed E-state index contributed by atoms with van der Waals surface area (Å²) in [5, 5.41) is 0. The summed E-state index contributed by atoms with van der Waals surface area (Å²) in [6, 6.07) is 11.3. The number of piperazine rings is 1. The van der Waals surface area contributed by atoms with Crippen LogP contribution >= 0.6 is 0 Å². The number of para-hydroxylation sites is 2. The summed E-state index contributed by atoms with van der Waals surface area (Å²) in [6.45, 7) is 6.20. The van der Waals surface area contributed by atoms with Crippen molar-refractivity contribution < 1.29 is 22.3 Å². The first-order valence-electron chi connectivity index (χ1n) is 9.85. The van der Waals surface area contributed by atoms with Crippen molar-refractivity contribution in [2.45, 2.75) is 24.8 Å². The van der Waals surface area contributed by atoms with Crippen LogP contribution in [0.15, 0.2) is 53.4 Å². The Morgan fingerprint density at radius 1 is 1.10 bits per heavy atom. The molecule has 0 bridgehead atoms. The van der Waals surface area contributed by atoms with Gasteiger partial charge in [0, 0.05) is 26.2 Å². The Balaban J connectivity index is 1.60. The van der Waals surface area contributed by atoms with Crippen molar-refractivity contribution in [3.8, 4) is 5.75 Å². The number of hydrogen-bond acceptors (Lipinski definition) is 5. The van der Waals surface area contributed by atoms with Gasteiger partial charge in [0.15, 0.2) is 0 Å². The van der Waals surface area contributed by atoms with Crippen LogP contribution in [0.25, 0.3) is 0 Å². The Labute approximate surface area is 176 Å². The van der Waals surface area contributed by atoms with E-state index < -0.39 is 21.9 Å². The van der Waals surface area contributed by atoms with E-state index in [9.17, 15) is 17.6 Å². The Kier molecular flexibility index (Phi) is 6.94. The van der Waals surface area contributed by atoms with E-state index in [-0.39, 0.29) is 10.8 Å². The van der Waals surface area contributed by atoms with Crippen LogP contribution in [0.5, 0.6) is 5.75 Å². The smallest absolute Gasteiger partial charge is 0.241 e. The molecule has 162 valence electrons. The SMILES string of the molecule is CCOc1ccccc1N1CCN(C(=O)C(C)NS(=O)(=O)c2ccc(F)cc2)CC1. The largest absolute Gasteiger partial charge is 0.492 e. The number of amides is 1. The quantitative estimate of drug-likeness (QED) is 0.722. The van der Waals surface area contributed by atoms with E-state index >= 15 is 0 Å². The first kappa shape index (κ1) is 22.0. The number of rotatable bonds is 7. The number of hydrogen-bond donors (Lipinski definition) is 1. The average molecular weight is 436 g/mol. The summed E-state index contributed by atoms with van der Waals surface area (Å²) < 4.78 is 46.0. The third kappa shape index (κ3) is 5.09. The van der Waals surface area contributed by atoms with E-state index in [1.54, 1.807) is 4.90 Å². The molecule has 3 rings (SSSR count). The average Bonchev–Trinajstić information content (AvgIpc) is 2.74. The zero-order chi connectivity index (χ0) is 21.7. The first-order valence-corrected chi connectivity index (χ1v) is 11.3. The lowest BCUT2D eigenvalue weighted by Crippen LogP contribution is -2.54. The van der Waals surface area contributed by atoms with Crippen LogP contribution in [0.4, 0.5) is 10.1 Å². The number of nitrogens with one attached hydrogen (secondary N) is 1. The number of anilines is 1. The summed E-state index contributed by atoms with van der Waals surface area (Å²) in [5.74, 6) is -0.0134. The maximum Gasteiger partial charge on any atom is 0.241 e. The van der Waals surface area contributed by atoms with Crippen molar-refractivity contribution in [1.29, 1.82) is 0 Å². The molecule has 0 aliphatic carbocycles. The molecular formula is C21H26FN3O4S. The molecule has 1 atom stereocenters. The second-order valence-electron chi connectivity index (χ2n) is 7.01. The minimum Gasteiger partial charge on any atom is -0.492 e. The topological polar surface area (TPSA) is 79.0 Å². The second kappa shape index (κ2) is 9.44. The van der Waals surface area contributed by atoms with Gasteiger partial charge in [-0.05, 0) is 50.2 Å². The molecule has 0 saturated carbocycles. The summed E-state index contributed by atoms with van der Waals surface area (Å²) >= 11 is 0. The summed E-state index contributed by atoms with van der Waals surface area (Å²) in [7, 11) is -3.92. The number of ether oxygens (including phenoxy) is 1. The van der Waals surface area contributed by atoms with Crippen molar-refractivity contribution >= 4 is 21.6 Å². The lowest BCUT2D eigenvalue weighted by molar-refractivity contribution is -0.132. The Hall–Kier alpha value is -2.65. The number of halogens is 1.